The smallest absolute Gasteiger partial charge is 0.271 e. The van der Waals surface area contributed by atoms with Gasteiger partial charge >= 0.3 is 0 Å². The number of carbonyl (C=O) groups is 1. The van der Waals surface area contributed by atoms with Crippen LogP contribution in [0.5, 0.6) is 0 Å². The molecule has 16 heavy (non-hydrogen) atoms. The third-order valence-corrected chi connectivity index (χ3v) is 3.70. The first kappa shape index (κ1) is 11.5. The Morgan fingerprint density at radius 2 is 2.50 bits per heavy atom. The summed E-state index contributed by atoms with van der Waals surface area (Å²) < 4.78 is 0. The zero-order chi connectivity index (χ0) is 11.5. The predicted octanol–water partition coefficient (Wildman–Crippen LogP) is 1.32. The minimum absolute atomic E-state index is 0.0510. The molecule has 0 bridgehead atoms. The number of amides is 1. The number of aryl methyl sites for hydroxylation is 1. The molecule has 1 aliphatic rings. The SMILES string of the molecule is Cc1nc(C(=O)NC2CCCNC2C)cs1. The fraction of sp³-hybridized carbons (Fsp3) is 0.636. The summed E-state index contributed by atoms with van der Waals surface area (Å²) in [5.41, 5.74) is 0.542. The van der Waals surface area contributed by atoms with Crippen LogP contribution in [0.4, 0.5) is 0 Å². The highest BCUT2D eigenvalue weighted by molar-refractivity contribution is 7.09. The van der Waals surface area contributed by atoms with Crippen molar-refractivity contribution in [1.29, 1.82) is 0 Å². The van der Waals surface area contributed by atoms with E-state index in [0.29, 0.717) is 11.7 Å². The molecule has 1 amide bonds. The normalized spacial score (nSPS) is 25.4. The average Bonchev–Trinajstić information content (AvgIpc) is 2.68. The number of hydrogen-bond donors (Lipinski definition) is 2. The Labute approximate surface area is 99.5 Å². The second-order valence-electron chi connectivity index (χ2n) is 4.22. The van der Waals surface area contributed by atoms with E-state index >= 15 is 0 Å². The van der Waals surface area contributed by atoms with Crippen molar-refractivity contribution in [2.45, 2.75) is 38.8 Å². The van der Waals surface area contributed by atoms with E-state index in [1.807, 2.05) is 12.3 Å². The Kier molecular flexibility index (Phi) is 3.56. The maximum atomic E-state index is 11.9. The van der Waals surface area contributed by atoms with E-state index in [1.54, 1.807) is 0 Å². The number of hydrogen-bond acceptors (Lipinski definition) is 4. The molecule has 2 atom stereocenters. The molecular weight excluding hydrogens is 222 g/mol. The van der Waals surface area contributed by atoms with E-state index < -0.39 is 0 Å². The van der Waals surface area contributed by atoms with Crippen LogP contribution in [0.25, 0.3) is 0 Å². The molecule has 2 N–H and O–H groups in total. The Bertz CT molecular complexity index is 377. The lowest BCUT2D eigenvalue weighted by molar-refractivity contribution is 0.0915. The lowest BCUT2D eigenvalue weighted by atomic mass is 10.00. The minimum atomic E-state index is -0.0510. The predicted molar refractivity (Wildman–Crippen MR) is 64.8 cm³/mol. The van der Waals surface area contributed by atoms with Crippen LogP contribution >= 0.6 is 11.3 Å². The molecule has 0 aliphatic carbocycles. The molecular formula is C11H17N3OS. The van der Waals surface area contributed by atoms with E-state index in [1.165, 1.54) is 11.3 Å². The van der Waals surface area contributed by atoms with Crippen molar-refractivity contribution in [3.05, 3.63) is 16.1 Å². The van der Waals surface area contributed by atoms with Crippen molar-refractivity contribution in [3.63, 3.8) is 0 Å². The zero-order valence-electron chi connectivity index (χ0n) is 9.62. The van der Waals surface area contributed by atoms with Crippen molar-refractivity contribution in [3.8, 4) is 0 Å². The third kappa shape index (κ3) is 2.59. The van der Waals surface area contributed by atoms with Gasteiger partial charge in [0.05, 0.1) is 5.01 Å². The van der Waals surface area contributed by atoms with Crippen LogP contribution in [0.3, 0.4) is 0 Å². The Morgan fingerprint density at radius 3 is 3.12 bits per heavy atom. The van der Waals surface area contributed by atoms with E-state index in [-0.39, 0.29) is 11.9 Å². The minimum Gasteiger partial charge on any atom is -0.346 e. The highest BCUT2D eigenvalue weighted by Gasteiger charge is 2.23. The zero-order valence-corrected chi connectivity index (χ0v) is 10.4. The first-order valence-electron chi connectivity index (χ1n) is 5.63. The summed E-state index contributed by atoms with van der Waals surface area (Å²) in [6.45, 7) is 5.06. The number of rotatable bonds is 2. The van der Waals surface area contributed by atoms with Crippen molar-refractivity contribution in [2.24, 2.45) is 0 Å². The molecule has 1 aromatic heterocycles. The van der Waals surface area contributed by atoms with Gasteiger partial charge in [-0.2, -0.15) is 0 Å². The average molecular weight is 239 g/mol. The van der Waals surface area contributed by atoms with Crippen molar-refractivity contribution in [1.82, 2.24) is 15.6 Å². The van der Waals surface area contributed by atoms with Gasteiger partial charge in [-0.1, -0.05) is 0 Å². The second kappa shape index (κ2) is 4.93. The highest BCUT2D eigenvalue weighted by Crippen LogP contribution is 2.11. The Hall–Kier alpha value is -0.940. The monoisotopic (exact) mass is 239 g/mol. The van der Waals surface area contributed by atoms with Crippen molar-refractivity contribution < 1.29 is 4.79 Å². The number of piperidine rings is 1. The maximum absolute atomic E-state index is 11.9. The van der Waals surface area contributed by atoms with Crippen LogP contribution in [0.15, 0.2) is 5.38 Å². The fourth-order valence-corrected chi connectivity index (χ4v) is 2.54. The molecule has 2 rings (SSSR count). The third-order valence-electron chi connectivity index (χ3n) is 2.93. The van der Waals surface area contributed by atoms with Gasteiger partial charge in [-0.15, -0.1) is 11.3 Å². The highest BCUT2D eigenvalue weighted by atomic mass is 32.1. The van der Waals surface area contributed by atoms with Crippen molar-refractivity contribution >= 4 is 17.2 Å². The molecule has 2 heterocycles. The van der Waals surface area contributed by atoms with Gasteiger partial charge in [-0.25, -0.2) is 4.98 Å². The summed E-state index contributed by atoms with van der Waals surface area (Å²) in [4.78, 5) is 16.1. The van der Waals surface area contributed by atoms with Gasteiger partial charge in [-0.3, -0.25) is 4.79 Å². The van der Waals surface area contributed by atoms with Gasteiger partial charge < -0.3 is 10.6 Å². The number of nitrogens with one attached hydrogen (secondary N) is 2. The van der Waals surface area contributed by atoms with Crippen LogP contribution in [0.2, 0.25) is 0 Å². The molecule has 0 saturated carbocycles. The van der Waals surface area contributed by atoms with E-state index in [2.05, 4.69) is 22.5 Å². The molecule has 0 aromatic carbocycles. The molecule has 88 valence electrons. The summed E-state index contributed by atoms with van der Waals surface area (Å²) in [6, 6.07) is 0.570. The molecule has 4 nitrogen and oxygen atoms in total. The van der Waals surface area contributed by atoms with E-state index in [4.69, 9.17) is 0 Å². The molecule has 1 fully saturated rings. The summed E-state index contributed by atoms with van der Waals surface area (Å²) in [5.74, 6) is -0.0510. The molecule has 1 aromatic rings. The van der Waals surface area contributed by atoms with Crippen LogP contribution < -0.4 is 10.6 Å². The van der Waals surface area contributed by atoms with E-state index in [9.17, 15) is 4.79 Å². The Morgan fingerprint density at radius 1 is 1.69 bits per heavy atom. The lowest BCUT2D eigenvalue weighted by Crippen LogP contribution is -2.51. The second-order valence-corrected chi connectivity index (χ2v) is 5.28. The van der Waals surface area contributed by atoms with E-state index in [0.717, 1.165) is 24.4 Å². The summed E-state index contributed by atoms with van der Waals surface area (Å²) >= 11 is 1.51. The van der Waals surface area contributed by atoms with Gasteiger partial charge in [0.25, 0.3) is 5.91 Å². The van der Waals surface area contributed by atoms with Crippen molar-refractivity contribution in [2.75, 3.05) is 6.54 Å². The molecule has 0 spiro atoms. The van der Waals surface area contributed by atoms with Gasteiger partial charge in [0.15, 0.2) is 0 Å². The Balaban J connectivity index is 1.96. The number of carbonyl (C=O) groups excluding carboxylic acids is 1. The quantitative estimate of drug-likeness (QED) is 0.818. The van der Waals surface area contributed by atoms with Gasteiger partial charge in [0, 0.05) is 17.5 Å². The fourth-order valence-electron chi connectivity index (χ4n) is 1.95. The maximum Gasteiger partial charge on any atom is 0.271 e. The number of thiazole rings is 1. The van der Waals surface area contributed by atoms with Gasteiger partial charge in [0.2, 0.25) is 0 Å². The van der Waals surface area contributed by atoms with Gasteiger partial charge in [-0.05, 0) is 33.2 Å². The lowest BCUT2D eigenvalue weighted by Gasteiger charge is -2.30. The van der Waals surface area contributed by atoms with Crippen LogP contribution in [0.1, 0.15) is 35.3 Å². The van der Waals surface area contributed by atoms with Gasteiger partial charge in [0.1, 0.15) is 5.69 Å². The molecule has 5 heteroatoms. The number of nitrogens with zero attached hydrogens (tertiary/aromatic N) is 1. The molecule has 2 unspecified atom stereocenters. The largest absolute Gasteiger partial charge is 0.346 e. The first-order chi connectivity index (χ1) is 7.66. The van der Waals surface area contributed by atoms with Crippen LogP contribution in [0, 0.1) is 6.92 Å². The van der Waals surface area contributed by atoms with Crippen LogP contribution in [-0.4, -0.2) is 29.5 Å². The summed E-state index contributed by atoms with van der Waals surface area (Å²) in [5, 5.41) is 9.14. The topological polar surface area (TPSA) is 54.0 Å². The van der Waals surface area contributed by atoms with Crippen LogP contribution in [-0.2, 0) is 0 Å². The molecule has 1 aliphatic heterocycles. The standard InChI is InChI=1S/C11H17N3OS/c1-7-9(4-3-5-12-7)14-11(15)10-6-16-8(2)13-10/h6-7,9,12H,3-5H2,1-2H3,(H,14,15). The first-order valence-corrected chi connectivity index (χ1v) is 6.51. The number of aromatic nitrogens is 1. The summed E-state index contributed by atoms with van der Waals surface area (Å²) in [6.07, 6.45) is 2.16. The molecule has 0 radical (unpaired) electrons. The summed E-state index contributed by atoms with van der Waals surface area (Å²) in [7, 11) is 0. The molecule has 1 saturated heterocycles.